The Balaban J connectivity index is 2.70. The maximum Gasteiger partial charge on any atom is 0.251 e. The summed E-state index contributed by atoms with van der Waals surface area (Å²) in [5, 5.41) is 2.64. The van der Waals surface area contributed by atoms with Crippen molar-refractivity contribution in [3.8, 4) is 0 Å². The Morgan fingerprint density at radius 3 is 2.59 bits per heavy atom. The first-order valence-corrected chi connectivity index (χ1v) is 6.28. The first-order valence-electron chi connectivity index (χ1n) is 5.49. The van der Waals surface area contributed by atoms with Gasteiger partial charge in [0.15, 0.2) is 5.78 Å². The van der Waals surface area contributed by atoms with Gasteiger partial charge in [-0.15, -0.1) is 0 Å². The number of aryl methyl sites for hydroxylation is 1. The van der Waals surface area contributed by atoms with Crippen LogP contribution in [0.5, 0.6) is 0 Å². The molecule has 0 aliphatic rings. The molecule has 92 valence electrons. The van der Waals surface area contributed by atoms with Crippen molar-refractivity contribution in [2.45, 2.75) is 20.8 Å². The number of halogens is 1. The Labute approximate surface area is 110 Å². The van der Waals surface area contributed by atoms with E-state index >= 15 is 0 Å². The summed E-state index contributed by atoms with van der Waals surface area (Å²) >= 11 is 3.32. The molecule has 1 rings (SSSR count). The molecule has 0 bridgehead atoms. The van der Waals surface area contributed by atoms with Crippen LogP contribution in [0.4, 0.5) is 0 Å². The molecule has 0 unspecified atom stereocenters. The minimum absolute atomic E-state index is 0.0333. The van der Waals surface area contributed by atoms with Gasteiger partial charge >= 0.3 is 0 Å². The van der Waals surface area contributed by atoms with Crippen molar-refractivity contribution in [2.75, 3.05) is 6.54 Å². The predicted molar refractivity (Wildman–Crippen MR) is 71.1 cm³/mol. The Bertz CT molecular complexity index is 441. The number of carbonyl (C=O) groups is 2. The van der Waals surface area contributed by atoms with E-state index < -0.39 is 0 Å². The van der Waals surface area contributed by atoms with E-state index in [1.807, 2.05) is 32.9 Å². The SMILES string of the molecule is Cc1ccc(Br)cc1C(=O)NCC(=O)C(C)C. The van der Waals surface area contributed by atoms with Crippen LogP contribution in [0, 0.1) is 12.8 Å². The van der Waals surface area contributed by atoms with Gasteiger partial charge in [0.05, 0.1) is 6.54 Å². The van der Waals surface area contributed by atoms with Gasteiger partial charge in [-0.25, -0.2) is 0 Å². The largest absolute Gasteiger partial charge is 0.345 e. The lowest BCUT2D eigenvalue weighted by atomic mass is 10.1. The van der Waals surface area contributed by atoms with Gasteiger partial charge in [0, 0.05) is 16.0 Å². The fourth-order valence-electron chi connectivity index (χ4n) is 1.31. The van der Waals surface area contributed by atoms with Crippen LogP contribution in [0.25, 0.3) is 0 Å². The quantitative estimate of drug-likeness (QED) is 0.929. The molecule has 1 amide bonds. The topological polar surface area (TPSA) is 46.2 Å². The van der Waals surface area contributed by atoms with Gasteiger partial charge < -0.3 is 5.32 Å². The number of carbonyl (C=O) groups excluding carboxylic acids is 2. The molecule has 4 heteroatoms. The number of hydrogen-bond donors (Lipinski definition) is 1. The summed E-state index contributed by atoms with van der Waals surface area (Å²) in [4.78, 5) is 23.3. The summed E-state index contributed by atoms with van der Waals surface area (Å²) in [7, 11) is 0. The molecule has 3 nitrogen and oxygen atoms in total. The number of Topliss-reactive ketones (excluding diaryl/α,β-unsaturated/α-hetero) is 1. The molecule has 0 radical (unpaired) electrons. The molecule has 1 aromatic rings. The third kappa shape index (κ3) is 3.97. The number of amides is 1. The molecule has 0 heterocycles. The minimum atomic E-state index is -0.210. The molecule has 0 aliphatic heterocycles. The van der Waals surface area contributed by atoms with Crippen LogP contribution >= 0.6 is 15.9 Å². The van der Waals surface area contributed by atoms with Crippen LogP contribution in [-0.4, -0.2) is 18.2 Å². The molecule has 0 spiro atoms. The van der Waals surface area contributed by atoms with E-state index in [1.54, 1.807) is 6.07 Å². The monoisotopic (exact) mass is 297 g/mol. The van der Waals surface area contributed by atoms with E-state index in [9.17, 15) is 9.59 Å². The molecule has 0 saturated carbocycles. The predicted octanol–water partition coefficient (Wildman–Crippen LogP) is 2.71. The van der Waals surface area contributed by atoms with Crippen molar-refractivity contribution in [3.05, 3.63) is 33.8 Å². The highest BCUT2D eigenvalue weighted by atomic mass is 79.9. The molecule has 0 saturated heterocycles. The average molecular weight is 298 g/mol. The number of ketones is 1. The molecular formula is C13H16BrNO2. The maximum atomic E-state index is 11.9. The van der Waals surface area contributed by atoms with Crippen molar-refractivity contribution < 1.29 is 9.59 Å². The summed E-state index contributed by atoms with van der Waals surface area (Å²) in [5.41, 5.74) is 1.48. The number of nitrogens with one attached hydrogen (secondary N) is 1. The van der Waals surface area contributed by atoms with Gasteiger partial charge in [-0.1, -0.05) is 35.8 Å². The molecule has 0 atom stereocenters. The van der Waals surface area contributed by atoms with E-state index in [4.69, 9.17) is 0 Å². The third-order valence-corrected chi connectivity index (χ3v) is 3.00. The maximum absolute atomic E-state index is 11.9. The van der Waals surface area contributed by atoms with E-state index in [2.05, 4.69) is 21.2 Å². The van der Waals surface area contributed by atoms with Crippen LogP contribution < -0.4 is 5.32 Å². The van der Waals surface area contributed by atoms with Crippen LogP contribution in [0.2, 0.25) is 0 Å². The smallest absolute Gasteiger partial charge is 0.251 e. The minimum Gasteiger partial charge on any atom is -0.345 e. The van der Waals surface area contributed by atoms with Crippen molar-refractivity contribution in [1.82, 2.24) is 5.32 Å². The first-order chi connectivity index (χ1) is 7.91. The molecule has 0 fully saturated rings. The number of hydrogen-bond acceptors (Lipinski definition) is 2. The van der Waals surface area contributed by atoms with Gasteiger partial charge in [0.25, 0.3) is 5.91 Å². The summed E-state index contributed by atoms with van der Waals surface area (Å²) < 4.78 is 0.850. The first kappa shape index (κ1) is 13.9. The summed E-state index contributed by atoms with van der Waals surface area (Å²) in [6.07, 6.45) is 0. The molecule has 0 aliphatic carbocycles. The fraction of sp³-hybridized carbons (Fsp3) is 0.385. The Kier molecular flexibility index (Phi) is 4.87. The zero-order valence-electron chi connectivity index (χ0n) is 10.2. The van der Waals surface area contributed by atoms with E-state index in [0.717, 1.165) is 10.0 Å². The van der Waals surface area contributed by atoms with Gasteiger partial charge in [-0.3, -0.25) is 9.59 Å². The van der Waals surface area contributed by atoms with Crippen molar-refractivity contribution >= 4 is 27.6 Å². The lowest BCUT2D eigenvalue weighted by Gasteiger charge is -2.09. The second-order valence-electron chi connectivity index (χ2n) is 4.26. The summed E-state index contributed by atoms with van der Waals surface area (Å²) in [6.45, 7) is 5.59. The molecule has 17 heavy (non-hydrogen) atoms. The Morgan fingerprint density at radius 2 is 2.00 bits per heavy atom. The number of rotatable bonds is 4. The van der Waals surface area contributed by atoms with Gasteiger partial charge in [0.1, 0.15) is 0 Å². The highest BCUT2D eigenvalue weighted by Crippen LogP contribution is 2.15. The lowest BCUT2D eigenvalue weighted by Crippen LogP contribution is -2.31. The zero-order valence-corrected chi connectivity index (χ0v) is 11.8. The van der Waals surface area contributed by atoms with Crippen LogP contribution in [0.1, 0.15) is 29.8 Å². The van der Waals surface area contributed by atoms with E-state index in [-0.39, 0.29) is 24.2 Å². The van der Waals surface area contributed by atoms with Crippen LogP contribution in [0.3, 0.4) is 0 Å². The highest BCUT2D eigenvalue weighted by molar-refractivity contribution is 9.10. The second-order valence-corrected chi connectivity index (χ2v) is 5.18. The second kappa shape index (κ2) is 5.96. The standard InChI is InChI=1S/C13H16BrNO2/c1-8(2)12(16)7-15-13(17)11-6-10(14)5-4-9(11)3/h4-6,8H,7H2,1-3H3,(H,15,17). The van der Waals surface area contributed by atoms with Gasteiger partial charge in [-0.2, -0.15) is 0 Å². The van der Waals surface area contributed by atoms with Crippen molar-refractivity contribution in [2.24, 2.45) is 5.92 Å². The molecular weight excluding hydrogens is 282 g/mol. The average Bonchev–Trinajstić information content (AvgIpc) is 2.28. The van der Waals surface area contributed by atoms with Gasteiger partial charge in [0.2, 0.25) is 0 Å². The Morgan fingerprint density at radius 1 is 1.35 bits per heavy atom. The fourth-order valence-corrected chi connectivity index (χ4v) is 1.67. The molecule has 0 aromatic heterocycles. The lowest BCUT2D eigenvalue weighted by molar-refractivity contribution is -0.120. The Hall–Kier alpha value is -1.16. The van der Waals surface area contributed by atoms with Crippen LogP contribution in [0.15, 0.2) is 22.7 Å². The molecule has 1 aromatic carbocycles. The van der Waals surface area contributed by atoms with Crippen molar-refractivity contribution in [3.63, 3.8) is 0 Å². The van der Waals surface area contributed by atoms with Crippen LogP contribution in [-0.2, 0) is 4.79 Å². The van der Waals surface area contributed by atoms with E-state index in [0.29, 0.717) is 5.56 Å². The summed E-state index contributed by atoms with van der Waals surface area (Å²) in [6, 6.07) is 5.50. The molecule has 1 N–H and O–H groups in total. The highest BCUT2D eigenvalue weighted by Gasteiger charge is 2.12. The zero-order chi connectivity index (χ0) is 13.0. The third-order valence-electron chi connectivity index (χ3n) is 2.51. The summed E-state index contributed by atoms with van der Waals surface area (Å²) in [5.74, 6) is -0.234. The number of benzene rings is 1. The normalized spacial score (nSPS) is 10.4. The van der Waals surface area contributed by atoms with Gasteiger partial charge in [-0.05, 0) is 24.6 Å². The van der Waals surface area contributed by atoms with E-state index in [1.165, 1.54) is 0 Å². The van der Waals surface area contributed by atoms with Crippen molar-refractivity contribution in [1.29, 1.82) is 0 Å².